The molecule has 6 heteroatoms. The molecule has 17 heavy (non-hydrogen) atoms. The monoisotopic (exact) mass is 255 g/mol. The molecule has 0 atom stereocenters. The van der Waals surface area contributed by atoms with Crippen molar-refractivity contribution in [1.29, 1.82) is 0 Å². The van der Waals surface area contributed by atoms with Crippen LogP contribution in [0.2, 0.25) is 5.02 Å². The van der Waals surface area contributed by atoms with E-state index in [0.717, 1.165) is 5.56 Å². The van der Waals surface area contributed by atoms with Crippen LogP contribution < -0.4 is 10.5 Å². The number of nitrogens with one attached hydrogen (secondary N) is 1. The second-order valence-electron chi connectivity index (χ2n) is 3.60. The predicted octanol–water partition coefficient (Wildman–Crippen LogP) is 2.77. The van der Waals surface area contributed by atoms with E-state index in [1.54, 1.807) is 6.92 Å². The summed E-state index contributed by atoms with van der Waals surface area (Å²) in [5.41, 5.74) is 6.90. The molecule has 1 aromatic carbocycles. The standard InChI is InChI=1S/C11H11ClFN3O/c1-5-3-6(12)10(13)9(11(5)17-2)7-4-8(14)16-15-7/h3-4H,1-2H3,(H3,14,15,16). The van der Waals surface area contributed by atoms with Gasteiger partial charge in [0.2, 0.25) is 0 Å². The number of rotatable bonds is 2. The molecule has 0 saturated heterocycles. The maximum atomic E-state index is 14.0. The molecule has 3 N–H and O–H groups in total. The van der Waals surface area contributed by atoms with Gasteiger partial charge in [0.05, 0.1) is 23.4 Å². The molecular formula is C11H11ClFN3O. The molecule has 1 aromatic heterocycles. The third-order valence-electron chi connectivity index (χ3n) is 2.43. The van der Waals surface area contributed by atoms with E-state index in [-0.39, 0.29) is 16.4 Å². The largest absolute Gasteiger partial charge is 0.496 e. The van der Waals surface area contributed by atoms with E-state index in [1.165, 1.54) is 19.2 Å². The molecule has 0 unspecified atom stereocenters. The number of hydrogen-bond donors (Lipinski definition) is 2. The molecule has 2 rings (SSSR count). The normalized spacial score (nSPS) is 10.6. The number of aromatic nitrogens is 2. The number of aryl methyl sites for hydroxylation is 1. The van der Waals surface area contributed by atoms with Crippen LogP contribution in [-0.2, 0) is 0 Å². The smallest absolute Gasteiger partial charge is 0.154 e. The average molecular weight is 256 g/mol. The van der Waals surface area contributed by atoms with E-state index in [9.17, 15) is 4.39 Å². The number of nitrogens with two attached hydrogens (primary N) is 1. The number of anilines is 1. The number of halogens is 2. The van der Waals surface area contributed by atoms with Gasteiger partial charge < -0.3 is 10.5 Å². The van der Waals surface area contributed by atoms with E-state index < -0.39 is 5.82 Å². The lowest BCUT2D eigenvalue weighted by molar-refractivity contribution is 0.410. The molecule has 0 radical (unpaired) electrons. The molecule has 0 aliphatic rings. The lowest BCUT2D eigenvalue weighted by Gasteiger charge is -2.12. The summed E-state index contributed by atoms with van der Waals surface area (Å²) < 4.78 is 19.2. The molecule has 2 aromatic rings. The quantitative estimate of drug-likeness (QED) is 0.867. The Morgan fingerprint density at radius 2 is 2.18 bits per heavy atom. The van der Waals surface area contributed by atoms with Crippen molar-refractivity contribution in [2.24, 2.45) is 0 Å². The zero-order valence-electron chi connectivity index (χ0n) is 9.34. The highest BCUT2D eigenvalue weighted by Crippen LogP contribution is 2.38. The van der Waals surface area contributed by atoms with Gasteiger partial charge in [-0.1, -0.05) is 11.6 Å². The zero-order valence-corrected chi connectivity index (χ0v) is 10.1. The topological polar surface area (TPSA) is 63.9 Å². The third kappa shape index (κ3) is 1.93. The van der Waals surface area contributed by atoms with Crippen LogP contribution in [-0.4, -0.2) is 17.3 Å². The van der Waals surface area contributed by atoms with Crippen LogP contribution in [0.1, 0.15) is 5.56 Å². The minimum atomic E-state index is -0.558. The molecule has 1 heterocycles. The van der Waals surface area contributed by atoms with Gasteiger partial charge in [-0.2, -0.15) is 5.10 Å². The minimum absolute atomic E-state index is 0.0338. The first kappa shape index (κ1) is 11.7. The second-order valence-corrected chi connectivity index (χ2v) is 4.01. The fourth-order valence-electron chi connectivity index (χ4n) is 1.70. The molecular weight excluding hydrogens is 245 g/mol. The van der Waals surface area contributed by atoms with Crippen LogP contribution in [0.25, 0.3) is 11.3 Å². The van der Waals surface area contributed by atoms with Crippen LogP contribution in [0.4, 0.5) is 10.2 Å². The Kier molecular flexibility index (Phi) is 2.93. The zero-order chi connectivity index (χ0) is 12.6. The van der Waals surface area contributed by atoms with Crippen molar-refractivity contribution < 1.29 is 9.13 Å². The lowest BCUT2D eigenvalue weighted by atomic mass is 10.1. The fraction of sp³-hybridized carbons (Fsp3) is 0.182. The van der Waals surface area contributed by atoms with Gasteiger partial charge >= 0.3 is 0 Å². The fourth-order valence-corrected chi connectivity index (χ4v) is 1.96. The number of nitrogen functional groups attached to an aromatic ring is 1. The lowest BCUT2D eigenvalue weighted by Crippen LogP contribution is -1.96. The number of H-pyrrole nitrogens is 1. The van der Waals surface area contributed by atoms with Gasteiger partial charge in [-0.3, -0.25) is 5.10 Å². The Bertz CT molecular complexity index is 568. The SMILES string of the molecule is COc1c(C)cc(Cl)c(F)c1-c1cc(N)n[nH]1. The van der Waals surface area contributed by atoms with E-state index in [4.69, 9.17) is 22.1 Å². The Hall–Kier alpha value is -1.75. The molecule has 4 nitrogen and oxygen atoms in total. The maximum absolute atomic E-state index is 14.0. The van der Waals surface area contributed by atoms with Crippen LogP contribution in [0.5, 0.6) is 5.75 Å². The Balaban J connectivity index is 2.74. The van der Waals surface area contributed by atoms with Crippen molar-refractivity contribution in [3.8, 4) is 17.0 Å². The average Bonchev–Trinajstić information content (AvgIpc) is 2.69. The minimum Gasteiger partial charge on any atom is -0.496 e. The molecule has 0 amide bonds. The van der Waals surface area contributed by atoms with Gasteiger partial charge in [-0.15, -0.1) is 0 Å². The molecule has 0 aliphatic heterocycles. The number of ether oxygens (including phenoxy) is 1. The van der Waals surface area contributed by atoms with Gasteiger partial charge in [0.1, 0.15) is 11.6 Å². The third-order valence-corrected chi connectivity index (χ3v) is 2.70. The number of methoxy groups -OCH3 is 1. The summed E-state index contributed by atoms with van der Waals surface area (Å²) in [5, 5.41) is 6.43. The highest BCUT2D eigenvalue weighted by atomic mass is 35.5. The molecule has 0 fully saturated rings. The summed E-state index contributed by atoms with van der Waals surface area (Å²) in [7, 11) is 1.47. The van der Waals surface area contributed by atoms with Gasteiger partial charge in [0.15, 0.2) is 5.82 Å². The second kappa shape index (κ2) is 4.25. The molecule has 0 spiro atoms. The first-order chi connectivity index (χ1) is 8.04. The number of nitrogens with zero attached hydrogens (tertiary/aromatic N) is 1. The summed E-state index contributed by atoms with van der Waals surface area (Å²) in [6.07, 6.45) is 0. The van der Waals surface area contributed by atoms with Crippen LogP contribution >= 0.6 is 11.6 Å². The number of hydrogen-bond acceptors (Lipinski definition) is 3. The Labute approximate surface area is 103 Å². The summed E-state index contributed by atoms with van der Waals surface area (Å²) in [4.78, 5) is 0. The van der Waals surface area contributed by atoms with E-state index in [0.29, 0.717) is 11.4 Å². The molecule has 0 bridgehead atoms. The molecule has 0 saturated carbocycles. The van der Waals surface area contributed by atoms with Gasteiger partial charge in [-0.25, -0.2) is 4.39 Å². The number of benzene rings is 1. The Morgan fingerprint density at radius 3 is 2.71 bits per heavy atom. The molecule has 0 aliphatic carbocycles. The van der Waals surface area contributed by atoms with Gasteiger partial charge in [0.25, 0.3) is 0 Å². The first-order valence-corrected chi connectivity index (χ1v) is 5.26. The summed E-state index contributed by atoms with van der Waals surface area (Å²) >= 11 is 5.81. The van der Waals surface area contributed by atoms with Crippen molar-refractivity contribution in [2.75, 3.05) is 12.8 Å². The van der Waals surface area contributed by atoms with Gasteiger partial charge in [0, 0.05) is 6.07 Å². The summed E-state index contributed by atoms with van der Waals surface area (Å²) in [6.45, 7) is 1.79. The summed E-state index contributed by atoms with van der Waals surface area (Å²) in [6, 6.07) is 3.04. The van der Waals surface area contributed by atoms with Crippen LogP contribution in [0.3, 0.4) is 0 Å². The van der Waals surface area contributed by atoms with E-state index >= 15 is 0 Å². The Morgan fingerprint density at radius 1 is 1.47 bits per heavy atom. The van der Waals surface area contributed by atoms with Crippen molar-refractivity contribution in [2.45, 2.75) is 6.92 Å². The maximum Gasteiger partial charge on any atom is 0.154 e. The van der Waals surface area contributed by atoms with Crippen molar-refractivity contribution in [3.05, 3.63) is 28.5 Å². The first-order valence-electron chi connectivity index (χ1n) is 4.88. The van der Waals surface area contributed by atoms with Crippen molar-refractivity contribution >= 4 is 17.4 Å². The van der Waals surface area contributed by atoms with Crippen molar-refractivity contribution in [1.82, 2.24) is 10.2 Å². The highest BCUT2D eigenvalue weighted by Gasteiger charge is 2.19. The van der Waals surface area contributed by atoms with Crippen LogP contribution in [0.15, 0.2) is 12.1 Å². The molecule has 90 valence electrons. The van der Waals surface area contributed by atoms with E-state index in [1.807, 2.05) is 0 Å². The van der Waals surface area contributed by atoms with E-state index in [2.05, 4.69) is 10.2 Å². The highest BCUT2D eigenvalue weighted by molar-refractivity contribution is 6.31. The number of aromatic amines is 1. The van der Waals surface area contributed by atoms with Gasteiger partial charge in [-0.05, 0) is 18.6 Å². The van der Waals surface area contributed by atoms with Crippen LogP contribution in [0, 0.1) is 12.7 Å². The predicted molar refractivity (Wildman–Crippen MR) is 64.7 cm³/mol. The summed E-state index contributed by atoms with van der Waals surface area (Å²) in [5.74, 6) is 0.132. The van der Waals surface area contributed by atoms with Crippen molar-refractivity contribution in [3.63, 3.8) is 0 Å².